The zero-order chi connectivity index (χ0) is 26.9. The monoisotopic (exact) mass is 529 g/mol. The van der Waals surface area contributed by atoms with Crippen molar-refractivity contribution in [3.8, 4) is 11.4 Å². The molecule has 0 radical (unpaired) electrons. The molecule has 0 saturated heterocycles. The molecule has 194 valence electrons. The average molecular weight is 529 g/mol. The first kappa shape index (κ1) is 26.6. The van der Waals surface area contributed by atoms with E-state index in [0.717, 1.165) is 29.4 Å². The normalized spacial score (nSPS) is 15.0. The second kappa shape index (κ2) is 9.54. The summed E-state index contributed by atoms with van der Waals surface area (Å²) in [5.41, 5.74) is -1.68. The van der Waals surface area contributed by atoms with Crippen molar-refractivity contribution in [1.82, 2.24) is 25.2 Å². The molecule has 1 aliphatic rings. The molecule has 0 spiro atoms. The lowest BCUT2D eigenvalue weighted by Gasteiger charge is -2.16. The fourth-order valence-corrected chi connectivity index (χ4v) is 2.73. The number of nitrogens with one attached hydrogen (secondary N) is 1. The van der Waals surface area contributed by atoms with Crippen LogP contribution < -0.4 is 5.43 Å². The van der Waals surface area contributed by atoms with Gasteiger partial charge in [-0.2, -0.15) is 39.5 Å². The first-order chi connectivity index (χ1) is 16.5. The van der Waals surface area contributed by atoms with Gasteiger partial charge in [0.15, 0.2) is 12.4 Å². The number of ether oxygens (including phenoxy) is 1. The van der Waals surface area contributed by atoms with Crippen LogP contribution in [0.5, 0.6) is 0 Å². The van der Waals surface area contributed by atoms with Crippen molar-refractivity contribution in [3.05, 3.63) is 53.6 Å². The standard InChI is InChI=1S/C19H12F9N5O3/c20-17(21,22)8-36-13-6-15(35)33(7-13)30-14(34)1-2-32-9-29-16(31-32)10-3-11(18(23,24)25)5-12(4-10)19(26,27)28/h1-6,9H,7-8H2,(H,30,34)/b2-1-. The third kappa shape index (κ3) is 6.98. The van der Waals surface area contributed by atoms with Gasteiger partial charge < -0.3 is 4.74 Å². The Kier molecular flexibility index (Phi) is 7.04. The van der Waals surface area contributed by atoms with Gasteiger partial charge in [0.25, 0.3) is 11.8 Å². The predicted octanol–water partition coefficient (Wildman–Crippen LogP) is 3.79. The SMILES string of the molecule is O=C(/C=C\n1cnc(-c2cc(C(F)(F)F)cc(C(F)(F)F)c2)n1)NN1CC(OCC(F)(F)F)=CC1=O. The van der Waals surface area contributed by atoms with Crippen LogP contribution >= 0.6 is 0 Å². The van der Waals surface area contributed by atoms with E-state index in [-0.39, 0.29) is 11.8 Å². The number of carbonyl (C=O) groups excluding carboxylic acids is 2. The first-order valence-electron chi connectivity index (χ1n) is 9.43. The van der Waals surface area contributed by atoms with Gasteiger partial charge in [-0.3, -0.25) is 15.0 Å². The minimum atomic E-state index is -5.07. The van der Waals surface area contributed by atoms with E-state index in [4.69, 9.17) is 0 Å². The van der Waals surface area contributed by atoms with Crippen LogP contribution in [0.3, 0.4) is 0 Å². The van der Waals surface area contributed by atoms with Crippen LogP contribution in [0.15, 0.2) is 42.4 Å². The highest BCUT2D eigenvalue weighted by Gasteiger charge is 2.37. The average Bonchev–Trinajstić information content (AvgIpc) is 3.35. The number of benzene rings is 1. The van der Waals surface area contributed by atoms with Crippen LogP contribution in [-0.4, -0.2) is 50.9 Å². The van der Waals surface area contributed by atoms with Crippen LogP contribution in [0.2, 0.25) is 0 Å². The number of amides is 2. The number of halogens is 9. The lowest BCUT2D eigenvalue weighted by Crippen LogP contribution is -2.43. The highest BCUT2D eigenvalue weighted by atomic mass is 19.4. The minimum absolute atomic E-state index is 0.0567. The second-order valence-electron chi connectivity index (χ2n) is 7.07. The lowest BCUT2D eigenvalue weighted by atomic mass is 10.0. The number of alkyl halides is 9. The molecule has 2 heterocycles. The predicted molar refractivity (Wildman–Crippen MR) is 101 cm³/mol. The molecule has 2 aromatic rings. The Bertz CT molecular complexity index is 1180. The minimum Gasteiger partial charge on any atom is -0.486 e. The van der Waals surface area contributed by atoms with Crippen LogP contribution in [0.25, 0.3) is 17.6 Å². The summed E-state index contributed by atoms with van der Waals surface area (Å²) in [5, 5.41) is 4.34. The quantitative estimate of drug-likeness (QED) is 0.455. The van der Waals surface area contributed by atoms with E-state index in [9.17, 15) is 49.1 Å². The van der Waals surface area contributed by atoms with Crippen molar-refractivity contribution >= 4 is 18.0 Å². The third-order valence-corrected chi connectivity index (χ3v) is 4.26. The van der Waals surface area contributed by atoms with Crippen LogP contribution in [0, 0.1) is 0 Å². The van der Waals surface area contributed by atoms with Gasteiger partial charge in [0.05, 0.1) is 11.1 Å². The number of hydrazine groups is 1. The van der Waals surface area contributed by atoms with E-state index in [0.29, 0.717) is 17.1 Å². The summed E-state index contributed by atoms with van der Waals surface area (Å²) in [6.45, 7) is -2.13. The maximum absolute atomic E-state index is 13.0. The highest BCUT2D eigenvalue weighted by Crippen LogP contribution is 2.38. The first-order valence-corrected chi connectivity index (χ1v) is 9.43. The van der Waals surface area contributed by atoms with Crippen molar-refractivity contribution in [3.63, 3.8) is 0 Å². The molecule has 3 rings (SSSR count). The fourth-order valence-electron chi connectivity index (χ4n) is 2.73. The summed E-state index contributed by atoms with van der Waals surface area (Å²) in [6.07, 6.45) is -11.5. The van der Waals surface area contributed by atoms with Gasteiger partial charge in [-0.05, 0) is 18.2 Å². The van der Waals surface area contributed by atoms with E-state index in [1.54, 1.807) is 0 Å². The number of carbonyl (C=O) groups is 2. The van der Waals surface area contributed by atoms with Gasteiger partial charge in [0.2, 0.25) is 0 Å². The summed E-state index contributed by atoms with van der Waals surface area (Å²) < 4.78 is 120. The Morgan fingerprint density at radius 2 is 1.64 bits per heavy atom. The number of rotatable bonds is 6. The maximum atomic E-state index is 13.0. The molecule has 1 aliphatic heterocycles. The number of nitrogens with zero attached hydrogens (tertiary/aromatic N) is 4. The zero-order valence-electron chi connectivity index (χ0n) is 17.4. The summed E-state index contributed by atoms with van der Waals surface area (Å²) in [6, 6.07) is 0.796. The van der Waals surface area contributed by atoms with Gasteiger partial charge >= 0.3 is 18.5 Å². The molecule has 1 N–H and O–H groups in total. The molecule has 0 unspecified atom stereocenters. The van der Waals surface area contributed by atoms with Crippen molar-refractivity contribution in [1.29, 1.82) is 0 Å². The summed E-state index contributed by atoms with van der Waals surface area (Å²) in [7, 11) is 0. The summed E-state index contributed by atoms with van der Waals surface area (Å²) in [4.78, 5) is 27.3. The van der Waals surface area contributed by atoms with Crippen molar-refractivity contribution < 1.29 is 53.8 Å². The topological polar surface area (TPSA) is 89.3 Å². The van der Waals surface area contributed by atoms with Crippen molar-refractivity contribution in [2.75, 3.05) is 13.2 Å². The molecule has 8 nitrogen and oxygen atoms in total. The molecule has 1 aromatic heterocycles. The van der Waals surface area contributed by atoms with Crippen LogP contribution in [-0.2, 0) is 26.7 Å². The van der Waals surface area contributed by atoms with E-state index in [1.807, 2.05) is 5.43 Å². The highest BCUT2D eigenvalue weighted by molar-refractivity contribution is 5.95. The fraction of sp³-hybridized carbons (Fsp3) is 0.263. The van der Waals surface area contributed by atoms with E-state index < -0.39 is 66.0 Å². The molecule has 36 heavy (non-hydrogen) atoms. The molecule has 17 heteroatoms. The summed E-state index contributed by atoms with van der Waals surface area (Å²) in [5.74, 6) is -2.70. The molecule has 0 saturated carbocycles. The lowest BCUT2D eigenvalue weighted by molar-refractivity contribution is -0.165. The maximum Gasteiger partial charge on any atom is 0.422 e. The van der Waals surface area contributed by atoms with Crippen LogP contribution in [0.1, 0.15) is 11.1 Å². The molecule has 0 aliphatic carbocycles. The molecule has 0 bridgehead atoms. The summed E-state index contributed by atoms with van der Waals surface area (Å²) >= 11 is 0. The number of aromatic nitrogens is 3. The van der Waals surface area contributed by atoms with E-state index in [2.05, 4.69) is 14.8 Å². The van der Waals surface area contributed by atoms with Gasteiger partial charge in [-0.15, -0.1) is 5.10 Å². The van der Waals surface area contributed by atoms with Gasteiger partial charge in [-0.1, -0.05) is 0 Å². The Balaban J connectivity index is 1.68. The van der Waals surface area contributed by atoms with Gasteiger partial charge in [0.1, 0.15) is 18.6 Å². The molecule has 2 amide bonds. The Hall–Kier alpha value is -4.05. The number of hydrogen-bond acceptors (Lipinski definition) is 5. The largest absolute Gasteiger partial charge is 0.486 e. The molecule has 0 atom stereocenters. The van der Waals surface area contributed by atoms with Gasteiger partial charge in [0, 0.05) is 23.9 Å². The molecule has 0 fully saturated rings. The Morgan fingerprint density at radius 3 is 2.19 bits per heavy atom. The Labute approximate surface area is 194 Å². The number of hydrogen-bond donors (Lipinski definition) is 1. The van der Waals surface area contributed by atoms with Gasteiger partial charge in [-0.25, -0.2) is 14.7 Å². The van der Waals surface area contributed by atoms with Crippen molar-refractivity contribution in [2.24, 2.45) is 0 Å². The van der Waals surface area contributed by atoms with E-state index >= 15 is 0 Å². The smallest absolute Gasteiger partial charge is 0.422 e. The third-order valence-electron chi connectivity index (χ3n) is 4.26. The molecular weight excluding hydrogens is 517 g/mol. The molecular formula is C19H12F9N5O3. The second-order valence-corrected chi connectivity index (χ2v) is 7.07. The zero-order valence-corrected chi connectivity index (χ0v) is 17.4. The Morgan fingerprint density at radius 1 is 1.03 bits per heavy atom. The van der Waals surface area contributed by atoms with Crippen LogP contribution in [0.4, 0.5) is 39.5 Å². The molecule has 1 aromatic carbocycles. The van der Waals surface area contributed by atoms with Crippen molar-refractivity contribution in [2.45, 2.75) is 18.5 Å². The van der Waals surface area contributed by atoms with E-state index in [1.165, 1.54) is 0 Å².